The van der Waals surface area contributed by atoms with Crippen molar-refractivity contribution in [1.82, 2.24) is 0 Å². The Hall–Kier alpha value is -0.909. The van der Waals surface area contributed by atoms with Crippen LogP contribution in [0.2, 0.25) is 6.55 Å². The fraction of sp³-hybridized carbons (Fsp3) is 0.200. The highest BCUT2D eigenvalue weighted by molar-refractivity contribution is 7.47. The molecule has 0 bridgehead atoms. The summed E-state index contributed by atoms with van der Waals surface area (Å²) < 4.78 is 0. The normalized spacial score (nSPS) is 10.9. The highest BCUT2D eigenvalue weighted by Crippen LogP contribution is 1.96. The third kappa shape index (κ3) is 3.54. The van der Waals surface area contributed by atoms with Crippen molar-refractivity contribution < 1.29 is 0 Å². The summed E-state index contributed by atoms with van der Waals surface area (Å²) in [5.41, 5.74) is 2.71. The molecule has 0 aliphatic carbocycles. The smallest absolute Gasteiger partial charge is 0.0707 e. The van der Waals surface area contributed by atoms with Gasteiger partial charge in [0.25, 0.3) is 0 Å². The van der Waals surface area contributed by atoms with Gasteiger partial charge in [0.05, 0.1) is 16.9 Å². The zero-order chi connectivity index (χ0) is 13.0. The summed E-state index contributed by atoms with van der Waals surface area (Å²) in [6.07, 6.45) is 0. The van der Waals surface area contributed by atoms with Gasteiger partial charge in [0.2, 0.25) is 0 Å². The average molecular weight is 282 g/mol. The minimum absolute atomic E-state index is 0.387. The van der Waals surface area contributed by atoms with Crippen LogP contribution in [0.1, 0.15) is 11.1 Å². The van der Waals surface area contributed by atoms with Crippen LogP contribution < -0.4 is 10.4 Å². The Bertz CT molecular complexity index is 488. The fourth-order valence-corrected chi connectivity index (χ4v) is 9.92. The number of benzene rings is 2. The lowest BCUT2D eigenvalue weighted by molar-refractivity contribution is 1.49. The Kier molecular flexibility index (Phi) is 4.74. The molecule has 89 valence electrons. The molecule has 2 rings (SSSR count). The van der Waals surface area contributed by atoms with E-state index in [9.17, 15) is 0 Å². The van der Waals surface area contributed by atoms with E-state index < -0.39 is 0 Å². The van der Waals surface area contributed by atoms with Gasteiger partial charge in [-0.1, -0.05) is 76.6 Å². The largest absolute Gasteiger partial charge is 0.0755 e. The van der Waals surface area contributed by atoms with Crippen LogP contribution in [0.15, 0.2) is 48.5 Å². The average Bonchev–Trinajstić information content (AvgIpc) is 2.39. The topological polar surface area (TPSA) is 0 Å². The fourth-order valence-electron chi connectivity index (χ4n) is 1.78. The maximum absolute atomic E-state index is 2.36. The van der Waals surface area contributed by atoms with Gasteiger partial charge < -0.3 is 0 Å². The van der Waals surface area contributed by atoms with Gasteiger partial charge in [-0.3, -0.25) is 0 Å². The first-order chi connectivity index (χ1) is 8.69. The molecule has 0 N–H and O–H groups in total. The molecule has 0 amide bonds. The Balaban J connectivity index is 2.14. The third-order valence-corrected chi connectivity index (χ3v) is 13.4. The van der Waals surface area contributed by atoms with Gasteiger partial charge in [0, 0.05) is 9.04 Å². The van der Waals surface area contributed by atoms with Crippen LogP contribution in [-0.2, 0) is 0 Å². The molecule has 5 radical (unpaired) electrons. The molecule has 0 saturated heterocycles. The van der Waals surface area contributed by atoms with Crippen LogP contribution in [0.25, 0.3) is 0 Å². The Morgan fingerprint density at radius 3 is 1.78 bits per heavy atom. The van der Waals surface area contributed by atoms with Crippen molar-refractivity contribution in [3.05, 3.63) is 59.7 Å². The maximum atomic E-state index is 2.36. The van der Waals surface area contributed by atoms with Gasteiger partial charge in [-0.05, 0) is 13.8 Å². The molecule has 18 heavy (non-hydrogen) atoms. The molecule has 0 saturated carbocycles. The van der Waals surface area contributed by atoms with Crippen molar-refractivity contribution in [2.24, 2.45) is 0 Å². The van der Waals surface area contributed by atoms with Crippen molar-refractivity contribution in [2.75, 3.05) is 0 Å². The molecule has 3 heteroatoms. The van der Waals surface area contributed by atoms with Crippen LogP contribution in [0.5, 0.6) is 0 Å². The molecule has 0 nitrogen and oxygen atoms in total. The van der Waals surface area contributed by atoms with Gasteiger partial charge in [-0.2, -0.15) is 0 Å². The van der Waals surface area contributed by atoms with E-state index in [1.807, 2.05) is 0 Å². The monoisotopic (exact) mass is 281 g/mol. The predicted molar refractivity (Wildman–Crippen MR) is 84.8 cm³/mol. The second kappa shape index (κ2) is 6.31. The summed E-state index contributed by atoms with van der Waals surface area (Å²) in [6, 6.07) is 18.2. The van der Waals surface area contributed by atoms with Crippen molar-refractivity contribution in [3.63, 3.8) is 0 Å². The number of aryl methyl sites for hydroxylation is 2. The zero-order valence-electron chi connectivity index (χ0n) is 11.1. The summed E-state index contributed by atoms with van der Waals surface area (Å²) in [4.78, 5) is 0. The standard InChI is InChI=1S/C15H17Si3/c1-12-4-8-14(9-5-12)17-18(16-3)15-10-6-13(2)7-11-15/h4-11H,1-3H3. The molecular weight excluding hydrogens is 264 g/mol. The molecule has 0 heterocycles. The quantitative estimate of drug-likeness (QED) is 0.750. The van der Waals surface area contributed by atoms with E-state index in [0.29, 0.717) is 0 Å². The molecule has 2 aromatic rings. The molecular formula is C15H17Si3. The number of hydrogen-bond acceptors (Lipinski definition) is 0. The van der Waals surface area contributed by atoms with Gasteiger partial charge in [-0.25, -0.2) is 0 Å². The summed E-state index contributed by atoms with van der Waals surface area (Å²) >= 11 is 0. The summed E-state index contributed by atoms with van der Waals surface area (Å²) in [7, 11) is 1.65. The Morgan fingerprint density at radius 1 is 0.778 bits per heavy atom. The predicted octanol–water partition coefficient (Wildman–Crippen LogP) is 1.78. The highest BCUT2D eigenvalue weighted by atomic mass is 29.6. The first-order valence-corrected chi connectivity index (χ1v) is 12.1. The van der Waals surface area contributed by atoms with Crippen LogP contribution in [0.4, 0.5) is 0 Å². The van der Waals surface area contributed by atoms with Crippen LogP contribution in [-0.4, -0.2) is 25.9 Å². The molecule has 0 atom stereocenters. The van der Waals surface area contributed by atoms with E-state index in [4.69, 9.17) is 0 Å². The van der Waals surface area contributed by atoms with Crippen molar-refractivity contribution in [3.8, 4) is 0 Å². The summed E-state index contributed by atoms with van der Waals surface area (Å²) in [5.74, 6) is 0. The SMILES string of the molecule is C[Si][Si]([Si]c1ccc(C)cc1)c1ccc(C)cc1. The first kappa shape index (κ1) is 13.5. The first-order valence-electron chi connectivity index (χ1n) is 6.14. The van der Waals surface area contributed by atoms with Crippen molar-refractivity contribution in [1.29, 1.82) is 0 Å². The molecule has 0 aliphatic heterocycles. The maximum Gasteiger partial charge on any atom is 0.0707 e. The van der Waals surface area contributed by atoms with Gasteiger partial charge >= 0.3 is 0 Å². The summed E-state index contributed by atoms with van der Waals surface area (Å²) in [6.45, 7) is 6.67. The van der Waals surface area contributed by atoms with E-state index >= 15 is 0 Å². The molecule has 0 unspecified atom stereocenters. The highest BCUT2D eigenvalue weighted by Gasteiger charge is 2.13. The van der Waals surface area contributed by atoms with Gasteiger partial charge in [0.1, 0.15) is 0 Å². The Morgan fingerprint density at radius 2 is 1.28 bits per heavy atom. The second-order valence-electron chi connectivity index (χ2n) is 4.48. The van der Waals surface area contributed by atoms with Gasteiger partial charge in [-0.15, -0.1) is 0 Å². The molecule has 2 aromatic carbocycles. The number of rotatable bonds is 4. The van der Waals surface area contributed by atoms with Crippen LogP contribution in [0, 0.1) is 13.8 Å². The van der Waals surface area contributed by atoms with E-state index in [1.54, 1.807) is 5.19 Å². The lowest BCUT2D eigenvalue weighted by Crippen LogP contribution is -2.46. The zero-order valence-corrected chi connectivity index (χ0v) is 14.1. The van der Waals surface area contributed by atoms with Crippen molar-refractivity contribution >= 4 is 36.3 Å². The second-order valence-corrected chi connectivity index (χ2v) is 13.9. The minimum Gasteiger partial charge on any atom is -0.0755 e. The van der Waals surface area contributed by atoms with Crippen molar-refractivity contribution in [2.45, 2.75) is 20.4 Å². The third-order valence-electron chi connectivity index (χ3n) is 2.91. The number of hydrogen-bond donors (Lipinski definition) is 0. The van der Waals surface area contributed by atoms with Crippen LogP contribution in [0.3, 0.4) is 0 Å². The van der Waals surface area contributed by atoms with E-state index in [1.165, 1.54) is 16.3 Å². The van der Waals surface area contributed by atoms with Crippen LogP contribution >= 0.6 is 0 Å². The molecule has 0 aromatic heterocycles. The summed E-state index contributed by atoms with van der Waals surface area (Å²) in [5, 5.41) is 3.11. The molecule has 0 spiro atoms. The lowest BCUT2D eigenvalue weighted by atomic mass is 10.2. The van der Waals surface area contributed by atoms with Gasteiger partial charge in [0.15, 0.2) is 0 Å². The minimum atomic E-state index is -0.387. The van der Waals surface area contributed by atoms with E-state index in [-0.39, 0.29) is 7.83 Å². The lowest BCUT2D eigenvalue weighted by Gasteiger charge is -2.12. The Labute approximate surface area is 116 Å². The van der Waals surface area contributed by atoms with E-state index in [2.05, 4.69) is 68.9 Å². The van der Waals surface area contributed by atoms with E-state index in [0.717, 1.165) is 18.1 Å². The molecule has 0 fully saturated rings. The molecule has 0 aliphatic rings.